The molecule has 0 saturated heterocycles. The summed E-state index contributed by atoms with van der Waals surface area (Å²) in [5, 5.41) is 5.47. The molecule has 0 unspecified atom stereocenters. The third kappa shape index (κ3) is 2.27. The van der Waals surface area contributed by atoms with E-state index < -0.39 is 0 Å². The zero-order valence-corrected chi connectivity index (χ0v) is 10.7. The molecule has 96 valence electrons. The Kier molecular flexibility index (Phi) is 2.87. The first-order valence-electron chi connectivity index (χ1n) is 5.79. The molecule has 0 amide bonds. The van der Waals surface area contributed by atoms with Crippen molar-refractivity contribution in [1.82, 2.24) is 9.78 Å². The van der Waals surface area contributed by atoms with Gasteiger partial charge >= 0.3 is 0 Å². The van der Waals surface area contributed by atoms with Crippen molar-refractivity contribution in [3.63, 3.8) is 0 Å². The highest BCUT2D eigenvalue weighted by molar-refractivity contribution is 6.34. The van der Waals surface area contributed by atoms with E-state index in [1.807, 2.05) is 12.1 Å². The van der Waals surface area contributed by atoms with Crippen molar-refractivity contribution in [2.24, 2.45) is 0 Å². The molecular formula is C14H11ClFN3. The maximum Gasteiger partial charge on any atom is 0.159 e. The number of fused-ring (bicyclic) bond motifs is 1. The van der Waals surface area contributed by atoms with Crippen LogP contribution in [0.25, 0.3) is 10.9 Å². The summed E-state index contributed by atoms with van der Waals surface area (Å²) in [6, 6.07) is 11.9. The summed E-state index contributed by atoms with van der Waals surface area (Å²) in [5.41, 5.74) is 8.08. The number of anilines is 1. The molecule has 0 spiro atoms. The molecule has 0 atom stereocenters. The fourth-order valence-corrected chi connectivity index (χ4v) is 2.33. The Bertz CT molecular complexity index is 752. The summed E-state index contributed by atoms with van der Waals surface area (Å²) in [6.45, 7) is 0.463. The number of nitrogens with two attached hydrogens (primary N) is 1. The molecular weight excluding hydrogens is 265 g/mol. The van der Waals surface area contributed by atoms with Gasteiger partial charge in [-0.3, -0.25) is 4.68 Å². The van der Waals surface area contributed by atoms with Crippen molar-refractivity contribution < 1.29 is 4.39 Å². The van der Waals surface area contributed by atoms with Crippen molar-refractivity contribution in [3.05, 3.63) is 59.0 Å². The molecule has 1 heterocycles. The van der Waals surface area contributed by atoms with Crippen molar-refractivity contribution in [1.29, 1.82) is 0 Å². The Hall–Kier alpha value is -2.07. The Morgan fingerprint density at radius 1 is 1.21 bits per heavy atom. The van der Waals surface area contributed by atoms with Gasteiger partial charge in [0.25, 0.3) is 0 Å². The second kappa shape index (κ2) is 4.55. The number of hydrogen-bond acceptors (Lipinski definition) is 2. The van der Waals surface area contributed by atoms with E-state index in [9.17, 15) is 4.39 Å². The van der Waals surface area contributed by atoms with Gasteiger partial charge < -0.3 is 5.73 Å². The summed E-state index contributed by atoms with van der Waals surface area (Å²) >= 11 is 6.09. The van der Waals surface area contributed by atoms with E-state index in [4.69, 9.17) is 17.3 Å². The van der Waals surface area contributed by atoms with Crippen LogP contribution in [0.3, 0.4) is 0 Å². The minimum Gasteiger partial charge on any atom is -0.399 e. The van der Waals surface area contributed by atoms with E-state index in [1.165, 1.54) is 12.1 Å². The number of nitrogens with zero attached hydrogens (tertiary/aromatic N) is 2. The lowest BCUT2D eigenvalue weighted by molar-refractivity contribution is 0.621. The Morgan fingerprint density at radius 2 is 2.05 bits per heavy atom. The highest BCUT2D eigenvalue weighted by atomic mass is 35.5. The van der Waals surface area contributed by atoms with Gasteiger partial charge in [-0.15, -0.1) is 0 Å². The second-order valence-electron chi connectivity index (χ2n) is 4.35. The molecule has 3 rings (SSSR count). The standard InChI is InChI=1S/C14H11ClFN3/c15-14-12-7-11(17)4-5-13(12)19(18-14)8-9-2-1-3-10(16)6-9/h1-7H,8,17H2. The summed E-state index contributed by atoms with van der Waals surface area (Å²) < 4.78 is 14.9. The first kappa shape index (κ1) is 12.0. The molecule has 0 aliphatic carbocycles. The van der Waals surface area contributed by atoms with E-state index in [0.717, 1.165) is 16.5 Å². The normalized spacial score (nSPS) is 11.1. The first-order chi connectivity index (χ1) is 9.13. The number of nitrogen functional groups attached to an aromatic ring is 1. The fraction of sp³-hybridized carbons (Fsp3) is 0.0714. The predicted octanol–water partition coefficient (Wildman–Crippen LogP) is 3.46. The van der Waals surface area contributed by atoms with Gasteiger partial charge in [0.15, 0.2) is 5.15 Å². The van der Waals surface area contributed by atoms with E-state index in [-0.39, 0.29) is 5.82 Å². The first-order valence-corrected chi connectivity index (χ1v) is 6.17. The smallest absolute Gasteiger partial charge is 0.159 e. The van der Waals surface area contributed by atoms with Gasteiger partial charge in [-0.1, -0.05) is 23.7 Å². The Labute approximate surface area is 114 Å². The van der Waals surface area contributed by atoms with Crippen molar-refractivity contribution in [2.45, 2.75) is 6.54 Å². The van der Waals surface area contributed by atoms with Crippen LogP contribution in [-0.4, -0.2) is 9.78 Å². The minimum absolute atomic E-state index is 0.260. The molecule has 5 heteroatoms. The largest absolute Gasteiger partial charge is 0.399 e. The average molecular weight is 276 g/mol. The number of rotatable bonds is 2. The van der Waals surface area contributed by atoms with Gasteiger partial charge in [-0.05, 0) is 35.9 Å². The van der Waals surface area contributed by atoms with Gasteiger partial charge in [0.05, 0.1) is 12.1 Å². The SMILES string of the molecule is Nc1ccc2c(c1)c(Cl)nn2Cc1cccc(F)c1. The number of aromatic nitrogens is 2. The molecule has 3 nitrogen and oxygen atoms in total. The quantitative estimate of drug-likeness (QED) is 0.728. The monoisotopic (exact) mass is 275 g/mol. The molecule has 0 aliphatic heterocycles. The maximum absolute atomic E-state index is 13.2. The molecule has 3 aromatic rings. The third-order valence-electron chi connectivity index (χ3n) is 2.95. The Balaban J connectivity index is 2.06. The number of benzene rings is 2. The summed E-state index contributed by atoms with van der Waals surface area (Å²) in [4.78, 5) is 0. The second-order valence-corrected chi connectivity index (χ2v) is 4.71. The van der Waals surface area contributed by atoms with E-state index in [1.54, 1.807) is 22.9 Å². The topological polar surface area (TPSA) is 43.8 Å². The highest BCUT2D eigenvalue weighted by Crippen LogP contribution is 2.25. The molecule has 0 fully saturated rings. The molecule has 19 heavy (non-hydrogen) atoms. The Morgan fingerprint density at radius 3 is 2.84 bits per heavy atom. The zero-order valence-electron chi connectivity index (χ0n) is 9.98. The molecule has 2 N–H and O–H groups in total. The zero-order chi connectivity index (χ0) is 13.4. The predicted molar refractivity (Wildman–Crippen MR) is 74.7 cm³/mol. The fourth-order valence-electron chi connectivity index (χ4n) is 2.09. The van der Waals surface area contributed by atoms with E-state index in [2.05, 4.69) is 5.10 Å². The van der Waals surface area contributed by atoms with Gasteiger partial charge in [-0.25, -0.2) is 4.39 Å². The van der Waals surface area contributed by atoms with Crippen LogP contribution in [0, 0.1) is 5.82 Å². The molecule has 2 aromatic carbocycles. The van der Waals surface area contributed by atoms with Crippen LogP contribution in [0.1, 0.15) is 5.56 Å². The van der Waals surface area contributed by atoms with Gasteiger partial charge in [0.2, 0.25) is 0 Å². The van der Waals surface area contributed by atoms with Crippen molar-refractivity contribution in [3.8, 4) is 0 Å². The van der Waals surface area contributed by atoms with Gasteiger partial charge in [0.1, 0.15) is 5.82 Å². The van der Waals surface area contributed by atoms with Gasteiger partial charge in [-0.2, -0.15) is 5.10 Å². The number of halogens is 2. The number of hydrogen-bond donors (Lipinski definition) is 1. The van der Waals surface area contributed by atoms with E-state index >= 15 is 0 Å². The third-order valence-corrected chi connectivity index (χ3v) is 3.23. The lowest BCUT2D eigenvalue weighted by atomic mass is 10.2. The lowest BCUT2D eigenvalue weighted by Crippen LogP contribution is -2.01. The van der Waals surface area contributed by atoms with Crippen molar-refractivity contribution in [2.75, 3.05) is 5.73 Å². The van der Waals surface area contributed by atoms with Crippen LogP contribution < -0.4 is 5.73 Å². The van der Waals surface area contributed by atoms with Gasteiger partial charge in [0, 0.05) is 11.1 Å². The molecule has 0 saturated carbocycles. The molecule has 0 aliphatic rings. The average Bonchev–Trinajstić information content (AvgIpc) is 2.66. The summed E-state index contributed by atoms with van der Waals surface area (Å²) in [7, 11) is 0. The highest BCUT2D eigenvalue weighted by Gasteiger charge is 2.09. The summed E-state index contributed by atoms with van der Waals surface area (Å²) in [5.74, 6) is -0.260. The molecule has 1 aromatic heterocycles. The maximum atomic E-state index is 13.2. The van der Waals surface area contributed by atoms with Crippen molar-refractivity contribution >= 4 is 28.2 Å². The van der Waals surface area contributed by atoms with Crippen LogP contribution in [0.5, 0.6) is 0 Å². The van der Waals surface area contributed by atoms with E-state index in [0.29, 0.717) is 17.4 Å². The van der Waals surface area contributed by atoms with Crippen LogP contribution >= 0.6 is 11.6 Å². The minimum atomic E-state index is -0.260. The summed E-state index contributed by atoms with van der Waals surface area (Å²) in [6.07, 6.45) is 0. The van der Waals surface area contributed by atoms with Crippen LogP contribution in [0.4, 0.5) is 10.1 Å². The van der Waals surface area contributed by atoms with Crippen LogP contribution in [0.2, 0.25) is 5.15 Å². The molecule has 0 bridgehead atoms. The molecule has 0 radical (unpaired) electrons. The van der Waals surface area contributed by atoms with Crippen LogP contribution in [-0.2, 0) is 6.54 Å². The lowest BCUT2D eigenvalue weighted by Gasteiger charge is -2.04. The van der Waals surface area contributed by atoms with Crippen LogP contribution in [0.15, 0.2) is 42.5 Å².